The summed E-state index contributed by atoms with van der Waals surface area (Å²) in [7, 11) is 0. The monoisotopic (exact) mass is 258 g/mol. The summed E-state index contributed by atoms with van der Waals surface area (Å²) in [6.07, 6.45) is 0. The summed E-state index contributed by atoms with van der Waals surface area (Å²) in [6, 6.07) is 9.63. The molecule has 1 aromatic carbocycles. The molecule has 1 aromatic heterocycles. The average molecular weight is 258 g/mol. The molecule has 0 fully saturated rings. The van der Waals surface area contributed by atoms with Crippen LogP contribution in [0.1, 0.15) is 17.0 Å². The molecule has 1 heterocycles. The number of nitrogens with zero attached hydrogens (tertiary/aromatic N) is 4. The number of nitriles is 1. The molecule has 98 valence electrons. The highest BCUT2D eigenvalue weighted by atomic mass is 16.5. The predicted molar refractivity (Wildman–Crippen MR) is 67.1 cm³/mol. The molecule has 0 bridgehead atoms. The summed E-state index contributed by atoms with van der Waals surface area (Å²) in [5.74, 6) is 0.721. The van der Waals surface area contributed by atoms with Crippen molar-refractivity contribution >= 4 is 0 Å². The van der Waals surface area contributed by atoms with Gasteiger partial charge < -0.3 is 9.84 Å². The van der Waals surface area contributed by atoms with Gasteiger partial charge in [-0.1, -0.05) is 22.9 Å². The Labute approximate surface area is 110 Å². The zero-order valence-electron chi connectivity index (χ0n) is 10.6. The second-order valence-corrected chi connectivity index (χ2v) is 4.06. The van der Waals surface area contributed by atoms with Crippen LogP contribution in [-0.4, -0.2) is 20.1 Å². The van der Waals surface area contributed by atoms with Gasteiger partial charge in [0.15, 0.2) is 0 Å². The molecule has 0 radical (unpaired) electrons. The minimum absolute atomic E-state index is 0.0829. The first-order chi connectivity index (χ1) is 9.24. The number of aliphatic hydroxyl groups excluding tert-OH is 1. The van der Waals surface area contributed by atoms with Crippen LogP contribution in [0.5, 0.6) is 5.75 Å². The quantitative estimate of drug-likeness (QED) is 0.870. The van der Waals surface area contributed by atoms with Crippen LogP contribution < -0.4 is 4.74 Å². The van der Waals surface area contributed by atoms with E-state index in [9.17, 15) is 5.11 Å². The third kappa shape index (κ3) is 3.09. The second kappa shape index (κ2) is 5.98. The number of benzene rings is 1. The Kier molecular flexibility index (Phi) is 4.11. The van der Waals surface area contributed by atoms with E-state index >= 15 is 0 Å². The van der Waals surface area contributed by atoms with Crippen LogP contribution in [0.4, 0.5) is 0 Å². The van der Waals surface area contributed by atoms with Crippen molar-refractivity contribution in [2.45, 2.75) is 26.7 Å². The van der Waals surface area contributed by atoms with E-state index in [2.05, 4.69) is 10.3 Å². The Hall–Kier alpha value is -2.39. The minimum atomic E-state index is -0.224. The van der Waals surface area contributed by atoms with Crippen LogP contribution >= 0.6 is 0 Å². The summed E-state index contributed by atoms with van der Waals surface area (Å²) in [4.78, 5) is 0. The van der Waals surface area contributed by atoms with Gasteiger partial charge in [-0.25, -0.2) is 4.68 Å². The lowest BCUT2D eigenvalue weighted by Crippen LogP contribution is -2.08. The van der Waals surface area contributed by atoms with Crippen molar-refractivity contribution in [3.05, 3.63) is 41.2 Å². The molecule has 6 heteroatoms. The fourth-order valence-corrected chi connectivity index (χ4v) is 1.63. The molecule has 2 aromatic rings. The topological polar surface area (TPSA) is 84.0 Å². The maximum Gasteiger partial charge on any atom is 0.132 e. The van der Waals surface area contributed by atoms with E-state index in [0.717, 1.165) is 11.3 Å². The van der Waals surface area contributed by atoms with Crippen molar-refractivity contribution in [2.75, 3.05) is 0 Å². The molecule has 0 aliphatic carbocycles. The smallest absolute Gasteiger partial charge is 0.132 e. The minimum Gasteiger partial charge on any atom is -0.487 e. The number of aliphatic hydroxyl groups is 1. The van der Waals surface area contributed by atoms with Crippen LogP contribution in [0, 0.1) is 18.3 Å². The van der Waals surface area contributed by atoms with Crippen molar-refractivity contribution in [1.29, 1.82) is 5.26 Å². The third-order valence-electron chi connectivity index (χ3n) is 2.68. The number of rotatable bonds is 5. The van der Waals surface area contributed by atoms with Gasteiger partial charge in [-0.15, -0.1) is 5.10 Å². The maximum absolute atomic E-state index is 9.18. The summed E-state index contributed by atoms with van der Waals surface area (Å²) < 4.78 is 7.04. The Balaban J connectivity index is 2.12. The highest BCUT2D eigenvalue weighted by molar-refractivity contribution is 5.26. The van der Waals surface area contributed by atoms with Crippen LogP contribution in [-0.2, 0) is 19.8 Å². The average Bonchev–Trinajstić information content (AvgIpc) is 2.81. The number of hydrogen-bond donors (Lipinski definition) is 1. The zero-order chi connectivity index (χ0) is 13.7. The molecule has 0 aliphatic heterocycles. The normalized spacial score (nSPS) is 10.2. The first-order valence-electron chi connectivity index (χ1n) is 5.83. The Morgan fingerprint density at radius 3 is 2.74 bits per heavy atom. The summed E-state index contributed by atoms with van der Waals surface area (Å²) in [6.45, 7) is 2.07. The molecule has 0 amide bonds. The van der Waals surface area contributed by atoms with E-state index in [1.807, 2.05) is 37.3 Å². The Morgan fingerprint density at radius 1 is 1.37 bits per heavy atom. The summed E-state index contributed by atoms with van der Waals surface area (Å²) >= 11 is 0. The van der Waals surface area contributed by atoms with Crippen molar-refractivity contribution in [3.8, 4) is 11.8 Å². The lowest BCUT2D eigenvalue weighted by Gasteiger charge is -2.08. The highest BCUT2D eigenvalue weighted by Gasteiger charge is 2.12. The Bertz CT molecular complexity index is 584. The lowest BCUT2D eigenvalue weighted by atomic mass is 10.2. The molecule has 0 saturated carbocycles. The third-order valence-corrected chi connectivity index (χ3v) is 2.68. The van der Waals surface area contributed by atoms with Crippen molar-refractivity contribution < 1.29 is 9.84 Å². The molecule has 0 unspecified atom stereocenters. The van der Waals surface area contributed by atoms with E-state index in [1.54, 1.807) is 0 Å². The van der Waals surface area contributed by atoms with Gasteiger partial charge in [0.25, 0.3) is 0 Å². The van der Waals surface area contributed by atoms with Gasteiger partial charge in [0, 0.05) is 0 Å². The van der Waals surface area contributed by atoms with Crippen molar-refractivity contribution in [3.63, 3.8) is 0 Å². The second-order valence-electron chi connectivity index (χ2n) is 4.06. The van der Waals surface area contributed by atoms with Gasteiger partial charge in [0.1, 0.15) is 30.3 Å². The van der Waals surface area contributed by atoms with Gasteiger partial charge in [0.05, 0.1) is 12.7 Å². The van der Waals surface area contributed by atoms with Crippen LogP contribution in [0.15, 0.2) is 24.3 Å². The van der Waals surface area contributed by atoms with Gasteiger partial charge in [-0.3, -0.25) is 0 Å². The van der Waals surface area contributed by atoms with Gasteiger partial charge in [-0.05, 0) is 19.1 Å². The molecule has 0 spiro atoms. The zero-order valence-corrected chi connectivity index (χ0v) is 10.6. The highest BCUT2D eigenvalue weighted by Crippen LogP contribution is 2.15. The number of aryl methyl sites for hydroxylation is 1. The molecule has 2 rings (SSSR count). The molecule has 19 heavy (non-hydrogen) atoms. The van der Waals surface area contributed by atoms with E-state index in [-0.39, 0.29) is 19.8 Å². The predicted octanol–water partition coefficient (Wildman–Crippen LogP) is 1.18. The summed E-state index contributed by atoms with van der Waals surface area (Å²) in [5, 5.41) is 25.5. The van der Waals surface area contributed by atoms with Crippen LogP contribution in [0.25, 0.3) is 0 Å². The first kappa shape index (κ1) is 13.1. The number of hydrogen-bond acceptors (Lipinski definition) is 5. The number of aromatic nitrogens is 3. The molecular weight excluding hydrogens is 244 g/mol. The standard InChI is InChI=1S/C13H14N4O2/c1-10-2-4-11(5-3-10)19-9-13-12(8-18)15-16-17(13)7-6-14/h2-5,18H,7-9H2,1H3. The largest absolute Gasteiger partial charge is 0.487 e. The Morgan fingerprint density at radius 2 is 2.11 bits per heavy atom. The van der Waals surface area contributed by atoms with Crippen LogP contribution in [0.3, 0.4) is 0 Å². The fourth-order valence-electron chi connectivity index (χ4n) is 1.63. The van der Waals surface area contributed by atoms with E-state index in [1.165, 1.54) is 4.68 Å². The SMILES string of the molecule is Cc1ccc(OCc2c(CO)nnn2CC#N)cc1. The maximum atomic E-state index is 9.18. The molecule has 0 aliphatic rings. The molecule has 0 saturated heterocycles. The molecular formula is C13H14N4O2. The molecule has 0 atom stereocenters. The summed E-state index contributed by atoms with van der Waals surface area (Å²) in [5.41, 5.74) is 2.20. The van der Waals surface area contributed by atoms with Crippen molar-refractivity contribution in [2.24, 2.45) is 0 Å². The van der Waals surface area contributed by atoms with Gasteiger partial charge >= 0.3 is 0 Å². The van der Waals surface area contributed by atoms with E-state index < -0.39 is 0 Å². The van der Waals surface area contributed by atoms with Crippen LogP contribution in [0.2, 0.25) is 0 Å². The van der Waals surface area contributed by atoms with Gasteiger partial charge in [0.2, 0.25) is 0 Å². The lowest BCUT2D eigenvalue weighted by molar-refractivity contribution is 0.262. The first-order valence-corrected chi connectivity index (χ1v) is 5.83. The van der Waals surface area contributed by atoms with Gasteiger partial charge in [-0.2, -0.15) is 5.26 Å². The molecule has 1 N–H and O–H groups in total. The fraction of sp³-hybridized carbons (Fsp3) is 0.308. The van der Waals surface area contributed by atoms with Crippen molar-refractivity contribution in [1.82, 2.24) is 15.0 Å². The molecule has 6 nitrogen and oxygen atoms in total. The number of ether oxygens (including phenoxy) is 1. The van der Waals surface area contributed by atoms with E-state index in [4.69, 9.17) is 10.00 Å². The van der Waals surface area contributed by atoms with E-state index in [0.29, 0.717) is 11.4 Å².